The smallest absolute Gasteiger partial charge is 0.312 e. The lowest BCUT2D eigenvalue weighted by Crippen LogP contribution is -2.56. The van der Waals surface area contributed by atoms with Crippen LogP contribution in [0.2, 0.25) is 0 Å². The quantitative estimate of drug-likeness (QED) is 0.505. The second-order valence-corrected chi connectivity index (χ2v) is 10.6. The molecule has 0 aliphatic heterocycles. The van der Waals surface area contributed by atoms with Crippen molar-refractivity contribution in [1.29, 1.82) is 0 Å². The Morgan fingerprint density at radius 3 is 2.39 bits per heavy atom. The number of nitrogens with one attached hydrogen (secondary N) is 1. The Morgan fingerprint density at radius 2 is 1.82 bits per heavy atom. The highest BCUT2D eigenvalue weighted by Gasteiger charge is 2.60. The van der Waals surface area contributed by atoms with E-state index in [1.165, 1.54) is 6.42 Å². The number of amides is 1. The molecule has 0 radical (unpaired) electrons. The molecule has 3 atom stereocenters. The Balaban J connectivity index is 1.37. The average molecular weight is 450 g/mol. The minimum absolute atomic E-state index is 0.0872. The van der Waals surface area contributed by atoms with E-state index >= 15 is 0 Å². The molecular weight excluding hydrogens is 422 g/mol. The van der Waals surface area contributed by atoms with Crippen LogP contribution in [0.25, 0.3) is 0 Å². The zero-order valence-corrected chi connectivity index (χ0v) is 18.1. The average Bonchev–Trinajstić information content (AvgIpc) is 2.61. The van der Waals surface area contributed by atoms with Crippen LogP contribution in [0.5, 0.6) is 5.75 Å². The van der Waals surface area contributed by atoms with E-state index in [1.54, 1.807) is 31.2 Å². The zero-order valence-electron chi connectivity index (χ0n) is 16.5. The largest absolute Gasteiger partial charge is 0.494 e. The van der Waals surface area contributed by atoms with Crippen LogP contribution in [0.4, 0.5) is 5.69 Å². The van der Waals surface area contributed by atoms with Gasteiger partial charge in [0, 0.05) is 10.0 Å². The van der Waals surface area contributed by atoms with E-state index in [-0.39, 0.29) is 16.2 Å². The lowest BCUT2D eigenvalue weighted by molar-refractivity contribution is -0.175. The molecule has 1 amide bonds. The van der Waals surface area contributed by atoms with Gasteiger partial charge >= 0.3 is 5.97 Å². The summed E-state index contributed by atoms with van der Waals surface area (Å²) >= 11 is 3.92. The van der Waals surface area contributed by atoms with Crippen molar-refractivity contribution in [2.24, 2.45) is 17.3 Å². The molecule has 0 aromatic heterocycles. The highest BCUT2D eigenvalue weighted by molar-refractivity contribution is 9.10. The van der Waals surface area contributed by atoms with Crippen LogP contribution in [0.15, 0.2) is 24.3 Å². The summed E-state index contributed by atoms with van der Waals surface area (Å²) in [6.07, 6.45) is 5.37. The van der Waals surface area contributed by atoms with Gasteiger partial charge in [-0.15, -0.1) is 0 Å². The standard InChI is InChI=1S/C22H28BrNO4/c1-3-27-18-6-4-17(5-7-18)24-19(25)14(2)28-20(26)21-9-15-8-16(10-21)12-22(23,11-15)13-21/h4-7,14-16H,3,8-13H2,1-2H3,(H,24,25). The minimum Gasteiger partial charge on any atom is -0.494 e. The number of anilines is 1. The van der Waals surface area contributed by atoms with E-state index < -0.39 is 11.5 Å². The number of carbonyl (C=O) groups is 2. The molecule has 0 heterocycles. The van der Waals surface area contributed by atoms with Gasteiger partial charge < -0.3 is 14.8 Å². The normalized spacial score (nSPS) is 34.0. The van der Waals surface area contributed by atoms with Crippen LogP contribution in [0, 0.1) is 17.3 Å². The predicted molar refractivity (Wildman–Crippen MR) is 111 cm³/mol. The molecule has 0 spiro atoms. The maximum Gasteiger partial charge on any atom is 0.312 e. The first-order valence-electron chi connectivity index (χ1n) is 10.2. The number of carbonyl (C=O) groups excluding carboxylic acids is 2. The van der Waals surface area contributed by atoms with Gasteiger partial charge in [-0.25, -0.2) is 0 Å². The minimum atomic E-state index is -0.821. The Hall–Kier alpha value is -1.56. The first kappa shape index (κ1) is 19.7. The molecule has 4 fully saturated rings. The summed E-state index contributed by atoms with van der Waals surface area (Å²) < 4.78 is 11.2. The Morgan fingerprint density at radius 1 is 1.18 bits per heavy atom. The summed E-state index contributed by atoms with van der Waals surface area (Å²) in [6, 6.07) is 7.18. The van der Waals surface area contributed by atoms with Crippen LogP contribution >= 0.6 is 15.9 Å². The van der Waals surface area contributed by atoms with Gasteiger partial charge in [0.15, 0.2) is 6.10 Å². The number of esters is 1. The van der Waals surface area contributed by atoms with Gasteiger partial charge in [0.25, 0.3) is 5.91 Å². The molecule has 5 rings (SSSR count). The van der Waals surface area contributed by atoms with Gasteiger partial charge in [-0.2, -0.15) is 0 Å². The van der Waals surface area contributed by atoms with Crippen LogP contribution in [0.1, 0.15) is 52.4 Å². The van der Waals surface area contributed by atoms with Crippen molar-refractivity contribution >= 4 is 33.5 Å². The molecule has 0 saturated heterocycles. The molecule has 152 valence electrons. The lowest BCUT2D eigenvalue weighted by Gasteiger charge is -2.58. The molecule has 1 N–H and O–H groups in total. The van der Waals surface area contributed by atoms with Crippen molar-refractivity contribution < 1.29 is 19.1 Å². The number of benzene rings is 1. The maximum absolute atomic E-state index is 13.1. The molecule has 4 aliphatic carbocycles. The Bertz CT molecular complexity index is 748. The van der Waals surface area contributed by atoms with Crippen LogP contribution < -0.4 is 10.1 Å². The fourth-order valence-corrected chi connectivity index (χ4v) is 7.23. The highest BCUT2D eigenvalue weighted by atomic mass is 79.9. The molecular formula is C22H28BrNO4. The van der Waals surface area contributed by atoms with Crippen LogP contribution in [0.3, 0.4) is 0 Å². The number of ether oxygens (including phenoxy) is 2. The molecule has 4 saturated carbocycles. The van der Waals surface area contributed by atoms with Crippen molar-refractivity contribution in [3.8, 4) is 5.75 Å². The zero-order chi connectivity index (χ0) is 19.9. The van der Waals surface area contributed by atoms with E-state index in [1.807, 2.05) is 6.92 Å². The summed E-state index contributed by atoms with van der Waals surface area (Å²) in [5.74, 6) is 1.45. The van der Waals surface area contributed by atoms with E-state index in [0.29, 0.717) is 24.1 Å². The van der Waals surface area contributed by atoms with E-state index in [9.17, 15) is 9.59 Å². The molecule has 3 unspecified atom stereocenters. The number of hydrogen-bond donors (Lipinski definition) is 1. The van der Waals surface area contributed by atoms with Crippen molar-refractivity contribution in [2.75, 3.05) is 11.9 Å². The molecule has 28 heavy (non-hydrogen) atoms. The molecule has 1 aromatic carbocycles. The van der Waals surface area contributed by atoms with Gasteiger partial charge in [-0.3, -0.25) is 9.59 Å². The summed E-state index contributed by atoms with van der Waals surface area (Å²) in [7, 11) is 0. The maximum atomic E-state index is 13.1. The monoisotopic (exact) mass is 449 g/mol. The third-order valence-electron chi connectivity index (χ3n) is 6.51. The summed E-state index contributed by atoms with van der Waals surface area (Å²) in [5.41, 5.74) is 0.243. The fourth-order valence-electron chi connectivity index (χ4n) is 5.77. The van der Waals surface area contributed by atoms with Crippen molar-refractivity contribution in [3.05, 3.63) is 24.3 Å². The topological polar surface area (TPSA) is 64.6 Å². The highest BCUT2D eigenvalue weighted by Crippen LogP contribution is 2.64. The second kappa shape index (κ2) is 7.36. The van der Waals surface area contributed by atoms with Crippen LogP contribution in [-0.4, -0.2) is 28.9 Å². The number of hydrogen-bond acceptors (Lipinski definition) is 4. The van der Waals surface area contributed by atoms with Gasteiger partial charge in [-0.1, -0.05) is 15.9 Å². The fraction of sp³-hybridized carbons (Fsp3) is 0.636. The van der Waals surface area contributed by atoms with Crippen molar-refractivity contribution in [2.45, 2.75) is 62.8 Å². The van der Waals surface area contributed by atoms with Crippen molar-refractivity contribution in [3.63, 3.8) is 0 Å². The number of halogens is 1. The number of rotatable bonds is 6. The molecule has 4 aliphatic rings. The SMILES string of the molecule is CCOc1ccc(NC(=O)C(C)OC(=O)C23CC4CC(CC(Br)(C4)C2)C3)cc1. The van der Waals surface area contributed by atoms with Gasteiger partial charge in [-0.05, 0) is 88.5 Å². The summed E-state index contributed by atoms with van der Waals surface area (Å²) in [6.45, 7) is 4.16. The molecule has 1 aromatic rings. The van der Waals surface area contributed by atoms with E-state index in [0.717, 1.165) is 37.9 Å². The summed E-state index contributed by atoms with van der Waals surface area (Å²) in [5, 5.41) is 2.82. The van der Waals surface area contributed by atoms with Gasteiger partial charge in [0.1, 0.15) is 5.75 Å². The van der Waals surface area contributed by atoms with Gasteiger partial charge in [0.2, 0.25) is 0 Å². The molecule has 6 heteroatoms. The van der Waals surface area contributed by atoms with Crippen LogP contribution in [-0.2, 0) is 14.3 Å². The molecule has 4 bridgehead atoms. The third kappa shape index (κ3) is 3.80. The third-order valence-corrected chi connectivity index (χ3v) is 7.44. The Kier molecular flexibility index (Phi) is 5.19. The van der Waals surface area contributed by atoms with Crippen molar-refractivity contribution in [1.82, 2.24) is 0 Å². The molecule has 5 nitrogen and oxygen atoms in total. The lowest BCUT2D eigenvalue weighted by atomic mass is 9.49. The first-order chi connectivity index (χ1) is 13.3. The second-order valence-electron chi connectivity index (χ2n) is 8.89. The summed E-state index contributed by atoms with van der Waals surface area (Å²) in [4.78, 5) is 25.6. The Labute approximate surface area is 174 Å². The van der Waals surface area contributed by atoms with E-state index in [2.05, 4.69) is 21.2 Å². The first-order valence-corrected chi connectivity index (χ1v) is 11.0. The number of alkyl halides is 1. The van der Waals surface area contributed by atoms with Gasteiger partial charge in [0.05, 0.1) is 12.0 Å². The predicted octanol–water partition coefficient (Wildman–Crippen LogP) is 4.69. The van der Waals surface area contributed by atoms with E-state index in [4.69, 9.17) is 9.47 Å².